The van der Waals surface area contributed by atoms with E-state index in [0.717, 1.165) is 43.0 Å². The third-order valence-corrected chi connectivity index (χ3v) is 5.83. The summed E-state index contributed by atoms with van der Waals surface area (Å²) in [6.07, 6.45) is 2.55. The highest BCUT2D eigenvalue weighted by atomic mass is 16.6. The summed E-state index contributed by atoms with van der Waals surface area (Å²) in [4.78, 5) is 14.7. The van der Waals surface area contributed by atoms with Crippen LogP contribution in [0.5, 0.6) is 11.5 Å². The number of likely N-dealkylation sites (tertiary alicyclic amines) is 1. The fourth-order valence-corrected chi connectivity index (χ4v) is 4.44. The van der Waals surface area contributed by atoms with E-state index in [-0.39, 0.29) is 11.9 Å². The molecule has 0 spiro atoms. The second kappa shape index (κ2) is 6.89. The highest BCUT2D eigenvalue weighted by Gasteiger charge is 2.36. The van der Waals surface area contributed by atoms with E-state index in [1.165, 1.54) is 11.1 Å². The monoisotopic (exact) mass is 364 g/mol. The van der Waals surface area contributed by atoms with Crippen molar-refractivity contribution < 1.29 is 14.3 Å². The largest absolute Gasteiger partial charge is 0.486 e. The fraction of sp³-hybridized carbons (Fsp3) is 0.409. The van der Waals surface area contributed by atoms with Gasteiger partial charge >= 0.3 is 0 Å². The molecular formula is C22H24N2O3. The number of hydrogen-bond acceptors (Lipinski definition) is 4. The average Bonchev–Trinajstić information content (AvgIpc) is 3.29. The zero-order valence-electron chi connectivity index (χ0n) is 15.3. The molecule has 1 atom stereocenters. The molecule has 3 aliphatic rings. The molecule has 0 aromatic heterocycles. The SMILES string of the molecule is O=C1C[C@@H](NCc2ccc3c(c2)OCCO3)CN1C1Cc2ccccc2C1. The Morgan fingerprint density at radius 1 is 0.963 bits per heavy atom. The van der Waals surface area contributed by atoms with Gasteiger partial charge in [0.1, 0.15) is 13.2 Å². The Morgan fingerprint density at radius 2 is 1.70 bits per heavy atom. The van der Waals surface area contributed by atoms with E-state index in [0.29, 0.717) is 25.7 Å². The van der Waals surface area contributed by atoms with Crippen LogP contribution in [0.1, 0.15) is 23.1 Å². The first kappa shape index (κ1) is 16.6. The third kappa shape index (κ3) is 3.28. The molecular weight excluding hydrogens is 340 g/mol. The van der Waals surface area contributed by atoms with Crippen molar-refractivity contribution in [2.45, 2.75) is 37.9 Å². The lowest BCUT2D eigenvalue weighted by Crippen LogP contribution is -2.39. The Balaban J connectivity index is 1.19. The van der Waals surface area contributed by atoms with Crippen LogP contribution in [0.2, 0.25) is 0 Å². The summed E-state index contributed by atoms with van der Waals surface area (Å²) in [5.74, 6) is 1.90. The van der Waals surface area contributed by atoms with Crippen molar-refractivity contribution >= 4 is 5.91 Å². The Hall–Kier alpha value is -2.53. The number of nitrogens with one attached hydrogen (secondary N) is 1. The molecule has 2 aliphatic heterocycles. The molecule has 0 bridgehead atoms. The Bertz CT molecular complexity index is 841. The fourth-order valence-electron chi connectivity index (χ4n) is 4.44. The zero-order valence-corrected chi connectivity index (χ0v) is 15.3. The van der Waals surface area contributed by atoms with E-state index in [1.54, 1.807) is 0 Å². The Morgan fingerprint density at radius 3 is 2.48 bits per heavy atom. The average molecular weight is 364 g/mol. The van der Waals surface area contributed by atoms with Crippen molar-refractivity contribution in [3.63, 3.8) is 0 Å². The van der Waals surface area contributed by atoms with E-state index in [4.69, 9.17) is 9.47 Å². The number of fused-ring (bicyclic) bond motifs is 2. The van der Waals surface area contributed by atoms with Crippen molar-refractivity contribution in [3.8, 4) is 11.5 Å². The van der Waals surface area contributed by atoms with E-state index in [9.17, 15) is 4.79 Å². The smallest absolute Gasteiger partial charge is 0.224 e. The maximum atomic E-state index is 12.6. The first-order chi connectivity index (χ1) is 13.3. The van der Waals surface area contributed by atoms with Crippen LogP contribution in [-0.4, -0.2) is 42.6 Å². The van der Waals surface area contributed by atoms with Crippen molar-refractivity contribution in [3.05, 3.63) is 59.2 Å². The number of amides is 1. The maximum Gasteiger partial charge on any atom is 0.224 e. The molecule has 140 valence electrons. The van der Waals surface area contributed by atoms with E-state index < -0.39 is 0 Å². The molecule has 5 rings (SSSR count). The van der Waals surface area contributed by atoms with Crippen molar-refractivity contribution in [1.29, 1.82) is 0 Å². The molecule has 1 saturated heterocycles. The molecule has 1 N–H and O–H groups in total. The first-order valence-corrected chi connectivity index (χ1v) is 9.74. The van der Waals surface area contributed by atoms with E-state index >= 15 is 0 Å². The molecule has 0 unspecified atom stereocenters. The van der Waals surface area contributed by atoms with Gasteiger partial charge in [-0.1, -0.05) is 30.3 Å². The molecule has 5 heteroatoms. The van der Waals surface area contributed by atoms with Gasteiger partial charge in [-0.3, -0.25) is 4.79 Å². The summed E-state index contributed by atoms with van der Waals surface area (Å²) in [6.45, 7) is 2.73. The van der Waals surface area contributed by atoms with Crippen LogP contribution in [0, 0.1) is 0 Å². The van der Waals surface area contributed by atoms with Gasteiger partial charge in [0.2, 0.25) is 5.91 Å². The lowest BCUT2D eigenvalue weighted by atomic mass is 10.1. The summed E-state index contributed by atoms with van der Waals surface area (Å²) in [5, 5.41) is 3.55. The van der Waals surface area contributed by atoms with Gasteiger partial charge in [-0.05, 0) is 41.7 Å². The summed E-state index contributed by atoms with van der Waals surface area (Å²) >= 11 is 0. The summed E-state index contributed by atoms with van der Waals surface area (Å²) in [6, 6.07) is 15.1. The van der Waals surface area contributed by atoms with Gasteiger partial charge in [0.25, 0.3) is 0 Å². The normalized spacial score (nSPS) is 21.6. The second-order valence-electron chi connectivity index (χ2n) is 7.64. The van der Waals surface area contributed by atoms with Gasteiger partial charge in [-0.2, -0.15) is 0 Å². The number of rotatable bonds is 4. The number of carbonyl (C=O) groups excluding carboxylic acids is 1. The molecule has 0 saturated carbocycles. The van der Waals surface area contributed by atoms with Crippen LogP contribution in [0.15, 0.2) is 42.5 Å². The number of carbonyl (C=O) groups is 1. The predicted molar refractivity (Wildman–Crippen MR) is 102 cm³/mol. The van der Waals surface area contributed by atoms with Crippen LogP contribution >= 0.6 is 0 Å². The maximum absolute atomic E-state index is 12.6. The first-order valence-electron chi connectivity index (χ1n) is 9.74. The summed E-state index contributed by atoms with van der Waals surface area (Å²) < 4.78 is 11.2. The van der Waals surface area contributed by atoms with Gasteiger partial charge in [0.05, 0.1) is 0 Å². The number of hydrogen-bond donors (Lipinski definition) is 1. The molecule has 5 nitrogen and oxygen atoms in total. The second-order valence-corrected chi connectivity index (χ2v) is 7.64. The minimum atomic E-state index is 0.203. The van der Waals surface area contributed by atoms with Crippen LogP contribution in [0.25, 0.3) is 0 Å². The molecule has 27 heavy (non-hydrogen) atoms. The minimum absolute atomic E-state index is 0.203. The molecule has 0 radical (unpaired) electrons. The van der Waals surface area contributed by atoms with Crippen molar-refractivity contribution in [2.75, 3.05) is 19.8 Å². The standard InChI is InChI=1S/C22H24N2O3/c25-22-12-18(14-24(22)19-10-16-3-1-2-4-17(16)11-19)23-13-15-5-6-20-21(9-15)27-8-7-26-20/h1-6,9,18-19,23H,7-8,10-14H2/t18-/m1/s1. The van der Waals surface area contributed by atoms with Crippen LogP contribution in [-0.2, 0) is 24.2 Å². The van der Waals surface area contributed by atoms with Gasteiger partial charge < -0.3 is 19.7 Å². The minimum Gasteiger partial charge on any atom is -0.486 e. The lowest BCUT2D eigenvalue weighted by Gasteiger charge is -2.24. The van der Waals surface area contributed by atoms with Gasteiger partial charge in [0, 0.05) is 31.6 Å². The van der Waals surface area contributed by atoms with E-state index in [2.05, 4.69) is 40.5 Å². The molecule has 2 heterocycles. The molecule has 2 aromatic carbocycles. The van der Waals surface area contributed by atoms with Crippen molar-refractivity contribution in [2.24, 2.45) is 0 Å². The molecule has 1 aliphatic carbocycles. The third-order valence-electron chi connectivity index (χ3n) is 5.83. The topological polar surface area (TPSA) is 50.8 Å². The lowest BCUT2D eigenvalue weighted by molar-refractivity contribution is -0.129. The number of benzene rings is 2. The highest BCUT2D eigenvalue weighted by molar-refractivity contribution is 5.80. The van der Waals surface area contributed by atoms with Gasteiger partial charge in [-0.25, -0.2) is 0 Å². The van der Waals surface area contributed by atoms with Crippen LogP contribution in [0.4, 0.5) is 0 Å². The van der Waals surface area contributed by atoms with Gasteiger partial charge in [0.15, 0.2) is 11.5 Å². The zero-order chi connectivity index (χ0) is 18.2. The Labute approximate surface area is 159 Å². The molecule has 1 fully saturated rings. The van der Waals surface area contributed by atoms with Gasteiger partial charge in [-0.15, -0.1) is 0 Å². The van der Waals surface area contributed by atoms with Crippen LogP contribution in [0.3, 0.4) is 0 Å². The number of nitrogens with zero attached hydrogens (tertiary/aromatic N) is 1. The molecule has 2 aromatic rings. The summed E-state index contributed by atoms with van der Waals surface area (Å²) in [5.41, 5.74) is 3.93. The predicted octanol–water partition coefficient (Wildman–Crippen LogP) is 2.32. The highest BCUT2D eigenvalue weighted by Crippen LogP contribution is 2.31. The van der Waals surface area contributed by atoms with Crippen LogP contribution < -0.4 is 14.8 Å². The van der Waals surface area contributed by atoms with Crippen molar-refractivity contribution in [1.82, 2.24) is 10.2 Å². The number of ether oxygens (including phenoxy) is 2. The Kier molecular flexibility index (Phi) is 4.24. The van der Waals surface area contributed by atoms with E-state index in [1.807, 2.05) is 12.1 Å². The molecule has 1 amide bonds. The quantitative estimate of drug-likeness (QED) is 0.905. The summed E-state index contributed by atoms with van der Waals surface area (Å²) in [7, 11) is 0.